The molecular weight excluding hydrogens is 268 g/mol. The van der Waals surface area contributed by atoms with Crippen molar-refractivity contribution in [1.82, 2.24) is 10.2 Å². The van der Waals surface area contributed by atoms with Gasteiger partial charge in [-0.15, -0.1) is 0 Å². The van der Waals surface area contributed by atoms with Gasteiger partial charge < -0.3 is 5.32 Å². The molecule has 0 saturated heterocycles. The number of amides is 2. The highest BCUT2D eigenvalue weighted by Gasteiger charge is 2.09. The molecule has 1 heterocycles. The van der Waals surface area contributed by atoms with Crippen molar-refractivity contribution in [3.05, 3.63) is 41.6 Å². The first kappa shape index (κ1) is 14.8. The maximum atomic E-state index is 11.9. The number of hydrogen-bond acceptors (Lipinski definition) is 3. The average molecular weight is 286 g/mol. The van der Waals surface area contributed by atoms with E-state index >= 15 is 0 Å². The Balaban J connectivity index is 2.01. The van der Waals surface area contributed by atoms with Gasteiger partial charge in [-0.25, -0.2) is 4.79 Å². The van der Waals surface area contributed by atoms with Crippen molar-refractivity contribution in [3.8, 4) is 0 Å². The van der Waals surface area contributed by atoms with Crippen molar-refractivity contribution in [2.24, 2.45) is 0 Å². The molecule has 6 heteroatoms. The first-order valence-corrected chi connectivity index (χ1v) is 6.70. The summed E-state index contributed by atoms with van der Waals surface area (Å²) in [7, 11) is 0. The molecule has 0 aliphatic heterocycles. The van der Waals surface area contributed by atoms with Crippen molar-refractivity contribution in [1.29, 1.82) is 0 Å². The van der Waals surface area contributed by atoms with E-state index in [2.05, 4.69) is 20.8 Å². The number of rotatable bonds is 4. The molecular formula is C15H18N4O2. The van der Waals surface area contributed by atoms with Crippen LogP contribution < -0.4 is 10.6 Å². The quantitative estimate of drug-likeness (QED) is 0.753. The zero-order valence-corrected chi connectivity index (χ0v) is 12.2. The number of nitrogens with one attached hydrogen (secondary N) is 3. The number of benzene rings is 1. The number of hydrogen-bond donors (Lipinski definition) is 3. The first-order valence-electron chi connectivity index (χ1n) is 6.70. The van der Waals surface area contributed by atoms with Gasteiger partial charge >= 0.3 is 6.03 Å². The van der Waals surface area contributed by atoms with Crippen LogP contribution in [0.4, 0.5) is 16.3 Å². The van der Waals surface area contributed by atoms with Crippen LogP contribution in [0.3, 0.4) is 0 Å². The number of H-pyrrole nitrogens is 1. The van der Waals surface area contributed by atoms with Crippen molar-refractivity contribution in [2.45, 2.75) is 26.7 Å². The maximum Gasteiger partial charge on any atom is 0.324 e. The van der Waals surface area contributed by atoms with Crippen LogP contribution in [0.5, 0.6) is 0 Å². The van der Waals surface area contributed by atoms with E-state index in [1.807, 2.05) is 13.8 Å². The van der Waals surface area contributed by atoms with Gasteiger partial charge in [-0.05, 0) is 25.0 Å². The van der Waals surface area contributed by atoms with Gasteiger partial charge in [0, 0.05) is 23.0 Å². The number of nitrogens with zero attached hydrogens (tertiary/aromatic N) is 1. The number of urea groups is 1. The predicted octanol–water partition coefficient (Wildman–Crippen LogP) is 3.38. The second-order valence-corrected chi connectivity index (χ2v) is 5.08. The van der Waals surface area contributed by atoms with Crippen LogP contribution in [0.25, 0.3) is 0 Å². The molecule has 110 valence electrons. The summed E-state index contributed by atoms with van der Waals surface area (Å²) in [6.07, 6.45) is 0. The third-order valence-electron chi connectivity index (χ3n) is 2.99. The second kappa shape index (κ2) is 6.21. The Hall–Kier alpha value is -2.63. The third-order valence-corrected chi connectivity index (χ3v) is 2.99. The van der Waals surface area contributed by atoms with E-state index in [0.29, 0.717) is 23.0 Å². The number of ketones is 1. The molecule has 1 aromatic carbocycles. The summed E-state index contributed by atoms with van der Waals surface area (Å²) in [6.45, 7) is 5.55. The Bertz CT molecular complexity index is 661. The van der Waals surface area contributed by atoms with E-state index in [1.165, 1.54) is 6.92 Å². The van der Waals surface area contributed by atoms with Crippen LogP contribution in [0, 0.1) is 0 Å². The summed E-state index contributed by atoms with van der Waals surface area (Å²) in [5, 5.41) is 12.2. The molecule has 1 aromatic heterocycles. The van der Waals surface area contributed by atoms with Gasteiger partial charge in [0.15, 0.2) is 11.6 Å². The fourth-order valence-corrected chi connectivity index (χ4v) is 1.79. The van der Waals surface area contributed by atoms with Crippen LogP contribution in [-0.4, -0.2) is 22.0 Å². The van der Waals surface area contributed by atoms with Gasteiger partial charge in [0.05, 0.1) is 0 Å². The minimum atomic E-state index is -0.405. The highest BCUT2D eigenvalue weighted by molar-refractivity contribution is 6.00. The summed E-state index contributed by atoms with van der Waals surface area (Å²) in [5.41, 5.74) is 2.05. The smallest absolute Gasteiger partial charge is 0.308 e. The summed E-state index contributed by atoms with van der Waals surface area (Å²) in [5.74, 6) is 0.718. The highest BCUT2D eigenvalue weighted by atomic mass is 16.2. The van der Waals surface area contributed by atoms with E-state index in [9.17, 15) is 9.59 Å². The minimum absolute atomic E-state index is 0.0482. The molecule has 0 atom stereocenters. The Labute approximate surface area is 122 Å². The van der Waals surface area contributed by atoms with Crippen molar-refractivity contribution in [2.75, 3.05) is 10.6 Å². The Morgan fingerprint density at radius 1 is 1.19 bits per heavy atom. The minimum Gasteiger partial charge on any atom is -0.308 e. The largest absolute Gasteiger partial charge is 0.324 e. The van der Waals surface area contributed by atoms with E-state index < -0.39 is 6.03 Å². The van der Waals surface area contributed by atoms with Crippen molar-refractivity contribution < 1.29 is 9.59 Å². The molecule has 0 bridgehead atoms. The van der Waals surface area contributed by atoms with Gasteiger partial charge in [0.1, 0.15) is 0 Å². The van der Waals surface area contributed by atoms with E-state index in [1.54, 1.807) is 30.3 Å². The SMILES string of the molecule is CC(=O)c1cccc(NC(=O)Nc2cc(C(C)C)[nH]n2)c1. The molecule has 0 fully saturated rings. The van der Waals surface area contributed by atoms with E-state index in [-0.39, 0.29) is 5.78 Å². The molecule has 2 amide bonds. The van der Waals surface area contributed by atoms with Gasteiger partial charge in [0.25, 0.3) is 0 Å². The van der Waals surface area contributed by atoms with E-state index in [0.717, 1.165) is 5.69 Å². The van der Waals surface area contributed by atoms with Crippen LogP contribution in [0.1, 0.15) is 42.7 Å². The molecule has 0 saturated carbocycles. The van der Waals surface area contributed by atoms with Gasteiger partial charge in [0.2, 0.25) is 0 Å². The lowest BCUT2D eigenvalue weighted by molar-refractivity contribution is 0.101. The Kier molecular flexibility index (Phi) is 4.37. The highest BCUT2D eigenvalue weighted by Crippen LogP contribution is 2.15. The molecule has 0 aliphatic carbocycles. The molecule has 2 aromatic rings. The van der Waals surface area contributed by atoms with Gasteiger partial charge in [-0.1, -0.05) is 26.0 Å². The Morgan fingerprint density at radius 3 is 2.57 bits per heavy atom. The molecule has 6 nitrogen and oxygen atoms in total. The summed E-state index contributed by atoms with van der Waals surface area (Å²) < 4.78 is 0. The molecule has 2 rings (SSSR count). The maximum absolute atomic E-state index is 11.9. The van der Waals surface area contributed by atoms with Crippen LogP contribution in [0.2, 0.25) is 0 Å². The summed E-state index contributed by atoms with van der Waals surface area (Å²) in [4.78, 5) is 23.2. The molecule has 0 spiro atoms. The number of aromatic nitrogens is 2. The number of anilines is 2. The third kappa shape index (κ3) is 3.92. The molecule has 0 aliphatic rings. The van der Waals surface area contributed by atoms with Crippen molar-refractivity contribution >= 4 is 23.3 Å². The second-order valence-electron chi connectivity index (χ2n) is 5.08. The molecule has 0 unspecified atom stereocenters. The van der Waals surface area contributed by atoms with Gasteiger partial charge in [-0.3, -0.25) is 15.2 Å². The monoisotopic (exact) mass is 286 g/mol. The molecule has 3 N–H and O–H groups in total. The standard InChI is InChI=1S/C15H18N4O2/c1-9(2)13-8-14(19-18-13)17-15(21)16-12-6-4-5-11(7-12)10(3)20/h4-9H,1-3H3,(H3,16,17,18,19,21). The van der Waals surface area contributed by atoms with Crippen molar-refractivity contribution in [3.63, 3.8) is 0 Å². The zero-order chi connectivity index (χ0) is 15.4. The fourth-order valence-electron chi connectivity index (χ4n) is 1.79. The van der Waals surface area contributed by atoms with Crippen LogP contribution in [-0.2, 0) is 0 Å². The molecule has 0 radical (unpaired) electrons. The topological polar surface area (TPSA) is 86.9 Å². The average Bonchev–Trinajstić information content (AvgIpc) is 2.87. The number of carbonyl (C=O) groups excluding carboxylic acids is 2. The van der Waals surface area contributed by atoms with Crippen LogP contribution >= 0.6 is 0 Å². The van der Waals surface area contributed by atoms with E-state index in [4.69, 9.17) is 0 Å². The summed E-state index contributed by atoms with van der Waals surface area (Å²) >= 11 is 0. The normalized spacial score (nSPS) is 10.5. The lowest BCUT2D eigenvalue weighted by Crippen LogP contribution is -2.19. The lowest BCUT2D eigenvalue weighted by Gasteiger charge is -2.06. The lowest BCUT2D eigenvalue weighted by atomic mass is 10.1. The molecule has 21 heavy (non-hydrogen) atoms. The fraction of sp³-hybridized carbons (Fsp3) is 0.267. The van der Waals surface area contributed by atoms with Gasteiger partial charge in [-0.2, -0.15) is 5.10 Å². The Morgan fingerprint density at radius 2 is 1.95 bits per heavy atom. The van der Waals surface area contributed by atoms with Crippen LogP contribution in [0.15, 0.2) is 30.3 Å². The first-order chi connectivity index (χ1) is 9.95. The predicted molar refractivity (Wildman–Crippen MR) is 81.8 cm³/mol. The number of Topliss-reactive ketones (excluding diaryl/α,β-unsaturated/α-hetero) is 1. The number of aromatic amines is 1. The number of carbonyl (C=O) groups is 2. The zero-order valence-electron chi connectivity index (χ0n) is 12.2. The summed E-state index contributed by atoms with van der Waals surface area (Å²) in [6, 6.07) is 8.15.